The highest BCUT2D eigenvalue weighted by Gasteiger charge is 2.53. The second kappa shape index (κ2) is 9.26. The number of hydrogen-bond acceptors (Lipinski definition) is 0. The first-order valence-corrected chi connectivity index (χ1v) is 17.7. The number of fused-ring (bicyclic) bond motifs is 20. The fourth-order valence-electron chi connectivity index (χ4n) is 10.6. The van der Waals surface area contributed by atoms with Crippen LogP contribution in [0.3, 0.4) is 0 Å². The van der Waals surface area contributed by atoms with Gasteiger partial charge in [0.1, 0.15) is 0 Å². The Morgan fingerprint density at radius 1 is 0.200 bits per heavy atom. The van der Waals surface area contributed by atoms with E-state index in [4.69, 9.17) is 0 Å². The lowest BCUT2D eigenvalue weighted by Crippen LogP contribution is -2.25. The van der Waals surface area contributed by atoms with Crippen molar-refractivity contribution in [1.29, 1.82) is 0 Å². The summed E-state index contributed by atoms with van der Waals surface area (Å²) >= 11 is 0. The molecule has 230 valence electrons. The van der Waals surface area contributed by atoms with Crippen molar-refractivity contribution >= 4 is 0 Å². The van der Waals surface area contributed by atoms with Gasteiger partial charge in [-0.2, -0.15) is 0 Å². The molecule has 4 aliphatic rings. The molecule has 0 unspecified atom stereocenters. The minimum atomic E-state index is -0.315. The van der Waals surface area contributed by atoms with Crippen LogP contribution in [0.2, 0.25) is 0 Å². The summed E-state index contributed by atoms with van der Waals surface area (Å²) in [6.45, 7) is 0. The molecule has 2 spiro atoms. The average Bonchev–Trinajstić information content (AvgIpc) is 3.86. The second-order valence-corrected chi connectivity index (χ2v) is 14.3. The molecule has 0 heterocycles. The second-order valence-electron chi connectivity index (χ2n) is 14.3. The first-order valence-electron chi connectivity index (χ1n) is 17.7. The Bertz CT molecular complexity index is 2490. The molecule has 8 aromatic rings. The summed E-state index contributed by atoms with van der Waals surface area (Å²) < 4.78 is 0. The van der Waals surface area contributed by atoms with Crippen molar-refractivity contribution in [3.8, 4) is 55.6 Å². The van der Waals surface area contributed by atoms with E-state index in [1.54, 1.807) is 0 Å². The lowest BCUT2D eigenvalue weighted by atomic mass is 9.70. The zero-order chi connectivity index (χ0) is 32.6. The predicted molar refractivity (Wildman–Crippen MR) is 204 cm³/mol. The molecule has 0 saturated heterocycles. The summed E-state index contributed by atoms with van der Waals surface area (Å²) in [6, 6.07) is 68.8. The van der Waals surface area contributed by atoms with Crippen LogP contribution in [-0.4, -0.2) is 0 Å². The van der Waals surface area contributed by atoms with E-state index in [2.05, 4.69) is 182 Å². The van der Waals surface area contributed by atoms with E-state index in [0.29, 0.717) is 0 Å². The molecule has 0 nitrogen and oxygen atoms in total. The van der Waals surface area contributed by atoms with Gasteiger partial charge in [-0.15, -0.1) is 0 Å². The Balaban J connectivity index is 1.09. The third kappa shape index (κ3) is 2.93. The van der Waals surface area contributed by atoms with Crippen molar-refractivity contribution in [3.05, 3.63) is 226 Å². The molecule has 0 aliphatic heterocycles. The van der Waals surface area contributed by atoms with Gasteiger partial charge in [-0.3, -0.25) is 0 Å². The summed E-state index contributed by atoms with van der Waals surface area (Å²) in [5.41, 5.74) is 23.7. The zero-order valence-corrected chi connectivity index (χ0v) is 27.3. The third-order valence-electron chi connectivity index (χ3n) is 12.3. The Hall–Kier alpha value is -6.24. The van der Waals surface area contributed by atoms with E-state index in [1.165, 1.54) is 100 Å². The van der Waals surface area contributed by atoms with Gasteiger partial charge in [0.05, 0.1) is 10.8 Å². The maximum atomic E-state index is 2.46. The first kappa shape index (κ1) is 26.7. The van der Waals surface area contributed by atoms with E-state index >= 15 is 0 Å². The van der Waals surface area contributed by atoms with E-state index in [9.17, 15) is 0 Å². The van der Waals surface area contributed by atoms with Crippen LogP contribution in [0.5, 0.6) is 0 Å². The van der Waals surface area contributed by atoms with Crippen LogP contribution < -0.4 is 0 Å². The lowest BCUT2D eigenvalue weighted by Gasteiger charge is -2.30. The van der Waals surface area contributed by atoms with Gasteiger partial charge in [0, 0.05) is 0 Å². The molecule has 0 radical (unpaired) electrons. The highest BCUT2D eigenvalue weighted by Crippen LogP contribution is 2.65. The summed E-state index contributed by atoms with van der Waals surface area (Å²) in [6.07, 6.45) is 0. The normalized spacial score (nSPS) is 15.1. The quantitative estimate of drug-likeness (QED) is 0.169. The molecule has 0 saturated carbocycles. The lowest BCUT2D eigenvalue weighted by molar-refractivity contribution is 0.793. The van der Waals surface area contributed by atoms with Crippen LogP contribution in [0, 0.1) is 0 Å². The van der Waals surface area contributed by atoms with Crippen LogP contribution in [0.4, 0.5) is 0 Å². The smallest absolute Gasteiger partial charge is 0.0619 e. The van der Waals surface area contributed by atoms with Crippen molar-refractivity contribution in [3.63, 3.8) is 0 Å². The van der Waals surface area contributed by atoms with Crippen molar-refractivity contribution in [2.75, 3.05) is 0 Å². The van der Waals surface area contributed by atoms with Crippen LogP contribution in [-0.2, 0) is 10.8 Å². The van der Waals surface area contributed by atoms with Crippen molar-refractivity contribution < 1.29 is 0 Å². The van der Waals surface area contributed by atoms with Crippen molar-refractivity contribution in [2.45, 2.75) is 10.8 Å². The SMILES string of the molecule is c1ccc2c(c1)-c1ccccc1C21c2ccccc2-c2cc(-c3ccc4c(c3)-c3ccccc3C43c4ccccc4-c4ccccc43)ccc21. The molecule has 8 aromatic carbocycles. The molecule has 0 aromatic heterocycles. The molecule has 0 atom stereocenters. The fraction of sp³-hybridized carbons (Fsp3) is 0.0400. The van der Waals surface area contributed by atoms with Crippen LogP contribution in [0.1, 0.15) is 44.5 Å². The van der Waals surface area contributed by atoms with Crippen LogP contribution in [0.15, 0.2) is 182 Å². The minimum absolute atomic E-state index is 0.315. The Morgan fingerprint density at radius 3 is 0.700 bits per heavy atom. The Morgan fingerprint density at radius 2 is 0.420 bits per heavy atom. The summed E-state index contributed by atoms with van der Waals surface area (Å²) in [7, 11) is 0. The molecule has 0 fully saturated rings. The minimum Gasteiger partial charge on any atom is -0.0619 e. The van der Waals surface area contributed by atoms with Crippen LogP contribution >= 0.6 is 0 Å². The molecular formula is C50H30. The number of rotatable bonds is 1. The number of benzene rings is 8. The van der Waals surface area contributed by atoms with Gasteiger partial charge in [0.2, 0.25) is 0 Å². The summed E-state index contributed by atoms with van der Waals surface area (Å²) in [5.74, 6) is 0. The van der Waals surface area contributed by atoms with E-state index in [1.807, 2.05) is 0 Å². The zero-order valence-electron chi connectivity index (χ0n) is 27.3. The standard InChI is InChI=1S/C50H30/c1-7-19-41-33(13-1)34-14-2-8-20-42(34)49(41)45-23-11-5-17-37(45)39-29-31(25-27-47(39)49)32-26-28-48-40(30-32)38-18-6-12-24-46(38)50(48)43-21-9-3-15-35(43)36-16-4-10-22-44(36)50/h1-30H. The molecule has 50 heavy (non-hydrogen) atoms. The molecule has 0 bridgehead atoms. The van der Waals surface area contributed by atoms with Crippen molar-refractivity contribution in [1.82, 2.24) is 0 Å². The maximum absolute atomic E-state index is 2.46. The van der Waals surface area contributed by atoms with E-state index in [-0.39, 0.29) is 10.8 Å². The molecule has 0 amide bonds. The Kier molecular flexibility index (Phi) is 4.94. The largest absolute Gasteiger partial charge is 0.0725 e. The highest BCUT2D eigenvalue weighted by atomic mass is 14.5. The van der Waals surface area contributed by atoms with Gasteiger partial charge >= 0.3 is 0 Å². The molecule has 12 rings (SSSR count). The molecule has 0 heteroatoms. The topological polar surface area (TPSA) is 0 Å². The van der Waals surface area contributed by atoms with E-state index in [0.717, 1.165) is 0 Å². The first-order chi connectivity index (χ1) is 24.8. The highest BCUT2D eigenvalue weighted by molar-refractivity contribution is 5.98. The van der Waals surface area contributed by atoms with Gasteiger partial charge < -0.3 is 0 Å². The fourth-order valence-corrected chi connectivity index (χ4v) is 10.6. The predicted octanol–water partition coefficient (Wildman–Crippen LogP) is 12.0. The number of hydrogen-bond donors (Lipinski definition) is 0. The van der Waals surface area contributed by atoms with Gasteiger partial charge in [-0.25, -0.2) is 0 Å². The van der Waals surface area contributed by atoms with Crippen LogP contribution in [0.25, 0.3) is 55.6 Å². The molecule has 0 N–H and O–H groups in total. The van der Waals surface area contributed by atoms with Gasteiger partial charge in [0.15, 0.2) is 0 Å². The Labute approximate surface area is 292 Å². The van der Waals surface area contributed by atoms with E-state index < -0.39 is 0 Å². The summed E-state index contributed by atoms with van der Waals surface area (Å²) in [4.78, 5) is 0. The average molecular weight is 631 g/mol. The van der Waals surface area contributed by atoms with Gasteiger partial charge in [-0.05, 0) is 112 Å². The molecular weight excluding hydrogens is 601 g/mol. The maximum Gasteiger partial charge on any atom is 0.0725 e. The van der Waals surface area contributed by atoms with Gasteiger partial charge in [-0.1, -0.05) is 170 Å². The monoisotopic (exact) mass is 630 g/mol. The van der Waals surface area contributed by atoms with Crippen molar-refractivity contribution in [2.24, 2.45) is 0 Å². The molecule has 4 aliphatic carbocycles. The summed E-state index contributed by atoms with van der Waals surface area (Å²) in [5, 5.41) is 0. The van der Waals surface area contributed by atoms with Gasteiger partial charge in [0.25, 0.3) is 0 Å². The third-order valence-corrected chi connectivity index (χ3v) is 12.3.